The molecule has 8 nitrogen and oxygen atoms in total. The van der Waals surface area contributed by atoms with Gasteiger partial charge in [0.2, 0.25) is 17.5 Å². The Morgan fingerprint density at radius 3 is 2.80 bits per heavy atom. The zero-order chi connectivity index (χ0) is 17.2. The first-order chi connectivity index (χ1) is 12.2. The molecule has 1 saturated heterocycles. The van der Waals surface area contributed by atoms with Crippen molar-refractivity contribution in [3.8, 4) is 11.6 Å². The highest BCUT2D eigenvalue weighted by molar-refractivity contribution is 5.93. The summed E-state index contributed by atoms with van der Waals surface area (Å²) in [7, 11) is 1.86. The maximum absolute atomic E-state index is 12.9. The van der Waals surface area contributed by atoms with Crippen molar-refractivity contribution >= 4 is 5.91 Å². The molecular formula is C17H18N6O2. The molecule has 1 unspecified atom stereocenters. The molecule has 0 aromatic carbocycles. The fourth-order valence-electron chi connectivity index (χ4n) is 3.14. The molecule has 1 fully saturated rings. The average molecular weight is 338 g/mol. The van der Waals surface area contributed by atoms with E-state index < -0.39 is 0 Å². The fourth-order valence-corrected chi connectivity index (χ4v) is 3.14. The van der Waals surface area contributed by atoms with Gasteiger partial charge in [0.05, 0.1) is 0 Å². The Bertz CT molecular complexity index is 872. The Hall–Kier alpha value is -3.03. The van der Waals surface area contributed by atoms with Gasteiger partial charge in [-0.25, -0.2) is 9.97 Å². The van der Waals surface area contributed by atoms with Gasteiger partial charge in [-0.2, -0.15) is 4.98 Å². The van der Waals surface area contributed by atoms with Crippen LogP contribution in [-0.4, -0.2) is 42.0 Å². The second-order valence-corrected chi connectivity index (χ2v) is 6.04. The molecule has 0 N–H and O–H groups in total. The fraction of sp³-hybridized carbons (Fsp3) is 0.353. The zero-order valence-corrected chi connectivity index (χ0v) is 13.9. The predicted molar refractivity (Wildman–Crippen MR) is 88.4 cm³/mol. The monoisotopic (exact) mass is 338 g/mol. The van der Waals surface area contributed by atoms with Crippen molar-refractivity contribution in [2.24, 2.45) is 7.05 Å². The lowest BCUT2D eigenvalue weighted by Gasteiger charge is -2.33. The summed E-state index contributed by atoms with van der Waals surface area (Å²) in [4.78, 5) is 27.5. The van der Waals surface area contributed by atoms with E-state index in [1.54, 1.807) is 18.5 Å². The summed E-state index contributed by atoms with van der Waals surface area (Å²) < 4.78 is 7.27. The average Bonchev–Trinajstić information content (AvgIpc) is 3.31. The van der Waals surface area contributed by atoms with Crippen LogP contribution in [0, 0.1) is 0 Å². The Kier molecular flexibility index (Phi) is 4.01. The molecule has 1 atom stereocenters. The topological polar surface area (TPSA) is 89.9 Å². The molecule has 4 rings (SSSR count). The quantitative estimate of drug-likeness (QED) is 0.727. The molecule has 8 heteroatoms. The molecule has 25 heavy (non-hydrogen) atoms. The van der Waals surface area contributed by atoms with E-state index in [0.717, 1.165) is 19.3 Å². The van der Waals surface area contributed by atoms with Gasteiger partial charge in [-0.05, 0) is 37.5 Å². The van der Waals surface area contributed by atoms with Crippen LogP contribution < -0.4 is 0 Å². The van der Waals surface area contributed by atoms with Gasteiger partial charge in [0, 0.05) is 32.2 Å². The predicted octanol–water partition coefficient (Wildman–Crippen LogP) is 2.23. The van der Waals surface area contributed by atoms with Crippen LogP contribution in [0.15, 0.2) is 41.3 Å². The summed E-state index contributed by atoms with van der Waals surface area (Å²) in [5.74, 6) is 1.17. The van der Waals surface area contributed by atoms with E-state index >= 15 is 0 Å². The largest absolute Gasteiger partial charge is 0.347 e. The van der Waals surface area contributed by atoms with Crippen molar-refractivity contribution < 1.29 is 9.32 Å². The summed E-state index contributed by atoms with van der Waals surface area (Å²) in [5, 5.41) is 3.98. The SMILES string of the molecule is Cn1cccc1C(=O)N1CCCCC1c1nc(-c2ncccn2)no1. The Labute approximate surface area is 144 Å². The number of aromatic nitrogens is 5. The van der Waals surface area contributed by atoms with Crippen LogP contribution in [0.5, 0.6) is 0 Å². The minimum absolute atomic E-state index is 0.0205. The summed E-state index contributed by atoms with van der Waals surface area (Å²) in [6.07, 6.45) is 7.90. The van der Waals surface area contributed by atoms with E-state index in [1.807, 2.05) is 34.8 Å². The van der Waals surface area contributed by atoms with Gasteiger partial charge in [-0.15, -0.1) is 0 Å². The molecule has 3 aromatic rings. The molecule has 3 aromatic heterocycles. The molecule has 4 heterocycles. The van der Waals surface area contributed by atoms with E-state index in [1.165, 1.54) is 0 Å². The lowest BCUT2D eigenvalue weighted by atomic mass is 10.0. The van der Waals surface area contributed by atoms with Gasteiger partial charge in [-0.1, -0.05) is 5.16 Å². The zero-order valence-electron chi connectivity index (χ0n) is 13.9. The Balaban J connectivity index is 1.63. The lowest BCUT2D eigenvalue weighted by molar-refractivity contribution is 0.0551. The van der Waals surface area contributed by atoms with Crippen LogP contribution in [0.4, 0.5) is 0 Å². The third-order valence-electron chi connectivity index (χ3n) is 4.42. The number of hydrogen-bond donors (Lipinski definition) is 0. The highest BCUT2D eigenvalue weighted by Crippen LogP contribution is 2.31. The smallest absolute Gasteiger partial charge is 0.271 e. The van der Waals surface area contributed by atoms with Crippen LogP contribution in [0.3, 0.4) is 0 Å². The van der Waals surface area contributed by atoms with Crippen molar-refractivity contribution in [2.75, 3.05) is 6.54 Å². The van der Waals surface area contributed by atoms with Gasteiger partial charge in [0.15, 0.2) is 0 Å². The van der Waals surface area contributed by atoms with Crippen molar-refractivity contribution in [3.63, 3.8) is 0 Å². The third kappa shape index (κ3) is 2.90. The van der Waals surface area contributed by atoms with E-state index in [9.17, 15) is 4.79 Å². The van der Waals surface area contributed by atoms with Crippen molar-refractivity contribution in [1.29, 1.82) is 0 Å². The summed E-state index contributed by atoms with van der Waals surface area (Å²) in [6, 6.07) is 5.20. The maximum Gasteiger partial charge on any atom is 0.271 e. The highest BCUT2D eigenvalue weighted by atomic mass is 16.5. The Morgan fingerprint density at radius 2 is 2.04 bits per heavy atom. The molecule has 0 spiro atoms. The van der Waals surface area contributed by atoms with Gasteiger partial charge < -0.3 is 14.0 Å². The third-order valence-corrected chi connectivity index (χ3v) is 4.42. The van der Waals surface area contributed by atoms with Crippen LogP contribution >= 0.6 is 0 Å². The summed E-state index contributed by atoms with van der Waals surface area (Å²) in [5.41, 5.74) is 0.651. The minimum atomic E-state index is -0.221. The molecule has 1 aliphatic rings. The summed E-state index contributed by atoms with van der Waals surface area (Å²) >= 11 is 0. The first-order valence-corrected chi connectivity index (χ1v) is 8.27. The molecule has 1 aliphatic heterocycles. The number of aryl methyl sites for hydroxylation is 1. The Morgan fingerprint density at radius 1 is 1.20 bits per heavy atom. The number of amides is 1. The summed E-state index contributed by atoms with van der Waals surface area (Å²) in [6.45, 7) is 0.675. The van der Waals surface area contributed by atoms with Crippen molar-refractivity contribution in [1.82, 2.24) is 29.6 Å². The molecular weight excluding hydrogens is 320 g/mol. The number of piperidine rings is 1. The second-order valence-electron chi connectivity index (χ2n) is 6.04. The molecule has 128 valence electrons. The van der Waals surface area contributed by atoms with Crippen molar-refractivity contribution in [2.45, 2.75) is 25.3 Å². The van der Waals surface area contributed by atoms with Crippen LogP contribution in [0.2, 0.25) is 0 Å². The molecule has 0 saturated carbocycles. The van der Waals surface area contributed by atoms with Crippen LogP contribution in [0.1, 0.15) is 41.7 Å². The molecule has 0 aliphatic carbocycles. The molecule has 1 amide bonds. The first-order valence-electron chi connectivity index (χ1n) is 8.27. The standard InChI is InChI=1S/C17H18N6O2/c1-22-10-4-7-13(22)17(24)23-11-3-2-6-12(23)16-20-15(21-25-16)14-18-8-5-9-19-14/h4-5,7-10,12H,2-3,6,11H2,1H3. The normalized spacial score (nSPS) is 17.6. The number of nitrogens with zero attached hydrogens (tertiary/aromatic N) is 6. The maximum atomic E-state index is 12.9. The van der Waals surface area contributed by atoms with Crippen LogP contribution in [-0.2, 0) is 7.05 Å². The van der Waals surface area contributed by atoms with E-state index in [4.69, 9.17) is 4.52 Å². The second kappa shape index (κ2) is 6.46. The van der Waals surface area contributed by atoms with E-state index in [-0.39, 0.29) is 11.9 Å². The number of hydrogen-bond acceptors (Lipinski definition) is 6. The van der Waals surface area contributed by atoms with Gasteiger partial charge >= 0.3 is 0 Å². The highest BCUT2D eigenvalue weighted by Gasteiger charge is 2.33. The number of likely N-dealkylation sites (tertiary alicyclic amines) is 1. The van der Waals surface area contributed by atoms with Gasteiger partial charge in [0.25, 0.3) is 5.91 Å². The number of carbonyl (C=O) groups is 1. The first kappa shape index (κ1) is 15.5. The number of rotatable bonds is 3. The lowest BCUT2D eigenvalue weighted by Crippen LogP contribution is -2.39. The van der Waals surface area contributed by atoms with Crippen molar-refractivity contribution in [3.05, 3.63) is 48.4 Å². The molecule has 0 bridgehead atoms. The van der Waals surface area contributed by atoms with Gasteiger partial charge in [-0.3, -0.25) is 4.79 Å². The van der Waals surface area contributed by atoms with E-state index in [0.29, 0.717) is 29.8 Å². The molecule has 0 radical (unpaired) electrons. The van der Waals surface area contributed by atoms with Gasteiger partial charge in [0.1, 0.15) is 11.7 Å². The number of carbonyl (C=O) groups excluding carboxylic acids is 1. The minimum Gasteiger partial charge on any atom is -0.347 e. The van der Waals surface area contributed by atoms with Crippen LogP contribution in [0.25, 0.3) is 11.6 Å². The van der Waals surface area contributed by atoms with E-state index in [2.05, 4.69) is 20.1 Å².